The second-order valence-electron chi connectivity index (χ2n) is 5.63. The van der Waals surface area contributed by atoms with Gasteiger partial charge in [-0.1, -0.05) is 0 Å². The molecule has 0 unspecified atom stereocenters. The van der Waals surface area contributed by atoms with Crippen LogP contribution in [0.4, 0.5) is 0 Å². The molecule has 9 nitrogen and oxygen atoms in total. The molecule has 1 heterocycles. The van der Waals surface area contributed by atoms with Crippen molar-refractivity contribution < 1.29 is 43.5 Å². The van der Waals surface area contributed by atoms with Crippen molar-refractivity contribution in [3.63, 3.8) is 0 Å². The Balaban J connectivity index is 2.93. The molecule has 0 radical (unpaired) electrons. The fourth-order valence-corrected chi connectivity index (χ4v) is 2.55. The van der Waals surface area contributed by atoms with Gasteiger partial charge in [0, 0.05) is 33.6 Å². The number of ether oxygens (including phenoxy) is 4. The Morgan fingerprint density at radius 3 is 2.25 bits per heavy atom. The Bertz CT molecular complexity index is 450. The van der Waals surface area contributed by atoms with Gasteiger partial charge in [0.1, 0.15) is 18.8 Å². The van der Waals surface area contributed by atoms with Gasteiger partial charge in [-0.25, -0.2) is 0 Å². The Hall–Kier alpha value is -1.71. The van der Waals surface area contributed by atoms with E-state index in [1.165, 1.54) is 20.8 Å². The minimum Gasteiger partial charge on any atom is -0.463 e. The molecule has 138 valence electrons. The van der Waals surface area contributed by atoms with Crippen molar-refractivity contribution in [2.24, 2.45) is 0 Å². The van der Waals surface area contributed by atoms with E-state index in [4.69, 9.17) is 24.1 Å². The molecule has 0 aromatic rings. The first-order chi connectivity index (χ1) is 11.2. The Labute approximate surface area is 139 Å². The quantitative estimate of drug-likeness (QED) is 0.454. The van der Waals surface area contributed by atoms with Crippen LogP contribution in [0.2, 0.25) is 0 Å². The topological polar surface area (TPSA) is 129 Å². The predicted octanol–water partition coefficient (Wildman–Crippen LogP) is -0.686. The number of aliphatic hydroxyl groups excluding tert-OH is 2. The second-order valence-corrected chi connectivity index (χ2v) is 5.63. The minimum atomic E-state index is -1.01. The molecular formula is C15H24O9. The van der Waals surface area contributed by atoms with Crippen LogP contribution in [-0.2, 0) is 33.3 Å². The Morgan fingerprint density at radius 2 is 1.75 bits per heavy atom. The summed E-state index contributed by atoms with van der Waals surface area (Å²) >= 11 is 0. The number of carbonyl (C=O) groups excluding carboxylic acids is 3. The summed E-state index contributed by atoms with van der Waals surface area (Å²) < 4.78 is 21.0. The van der Waals surface area contributed by atoms with E-state index < -0.39 is 55.0 Å². The Kier molecular flexibility index (Phi) is 8.09. The summed E-state index contributed by atoms with van der Waals surface area (Å²) in [5.41, 5.74) is 0. The van der Waals surface area contributed by atoms with Crippen molar-refractivity contribution in [2.75, 3.05) is 13.2 Å². The molecule has 1 rings (SSSR count). The van der Waals surface area contributed by atoms with Gasteiger partial charge in [-0.05, 0) is 0 Å². The molecule has 5 atom stereocenters. The molecule has 1 fully saturated rings. The molecule has 0 bridgehead atoms. The third-order valence-electron chi connectivity index (χ3n) is 3.41. The van der Waals surface area contributed by atoms with Gasteiger partial charge in [-0.2, -0.15) is 0 Å². The van der Waals surface area contributed by atoms with Crippen LogP contribution >= 0.6 is 0 Å². The van der Waals surface area contributed by atoms with Crippen molar-refractivity contribution in [1.29, 1.82) is 0 Å². The standard InChI is InChI=1S/C15H24O9/c1-8(17)21-7-14-15(23-10(3)19)13(22-9(2)18)5-12(24-14)4-11(20)6-16/h11-16,20H,4-7H2,1-3H3/t11-,12+,13-,14-,15+/m1/s1. The van der Waals surface area contributed by atoms with Gasteiger partial charge in [0.25, 0.3) is 0 Å². The smallest absolute Gasteiger partial charge is 0.303 e. The molecule has 9 heteroatoms. The van der Waals surface area contributed by atoms with E-state index in [0.29, 0.717) is 0 Å². The second kappa shape index (κ2) is 9.55. The van der Waals surface area contributed by atoms with Crippen LogP contribution in [0, 0.1) is 0 Å². The molecule has 0 spiro atoms. The summed E-state index contributed by atoms with van der Waals surface area (Å²) in [5, 5.41) is 18.5. The van der Waals surface area contributed by atoms with E-state index in [-0.39, 0.29) is 19.4 Å². The molecule has 0 saturated carbocycles. The number of carbonyl (C=O) groups is 3. The van der Waals surface area contributed by atoms with Gasteiger partial charge in [0.2, 0.25) is 0 Å². The molecule has 0 aliphatic carbocycles. The lowest BCUT2D eigenvalue weighted by atomic mass is 9.94. The number of hydrogen-bond donors (Lipinski definition) is 2. The van der Waals surface area contributed by atoms with Gasteiger partial charge in [0.15, 0.2) is 6.10 Å². The molecular weight excluding hydrogens is 324 g/mol. The molecule has 24 heavy (non-hydrogen) atoms. The van der Waals surface area contributed by atoms with Gasteiger partial charge < -0.3 is 29.2 Å². The highest BCUT2D eigenvalue weighted by molar-refractivity contribution is 5.67. The molecule has 2 N–H and O–H groups in total. The largest absolute Gasteiger partial charge is 0.463 e. The van der Waals surface area contributed by atoms with Gasteiger partial charge in [-0.3, -0.25) is 14.4 Å². The van der Waals surface area contributed by atoms with Crippen molar-refractivity contribution in [3.8, 4) is 0 Å². The van der Waals surface area contributed by atoms with Crippen molar-refractivity contribution in [1.82, 2.24) is 0 Å². The van der Waals surface area contributed by atoms with E-state index in [9.17, 15) is 19.5 Å². The fourth-order valence-electron chi connectivity index (χ4n) is 2.55. The van der Waals surface area contributed by atoms with Crippen LogP contribution in [0.1, 0.15) is 33.6 Å². The molecule has 0 aromatic heterocycles. The lowest BCUT2D eigenvalue weighted by Gasteiger charge is -2.40. The normalized spacial score (nSPS) is 27.9. The van der Waals surface area contributed by atoms with Crippen LogP contribution in [0.15, 0.2) is 0 Å². The molecule has 1 saturated heterocycles. The zero-order valence-corrected chi connectivity index (χ0v) is 14.0. The first kappa shape index (κ1) is 20.3. The highest BCUT2D eigenvalue weighted by atomic mass is 16.6. The summed E-state index contributed by atoms with van der Waals surface area (Å²) in [5.74, 6) is -1.70. The highest BCUT2D eigenvalue weighted by Crippen LogP contribution is 2.28. The average Bonchev–Trinajstić information content (AvgIpc) is 2.46. The summed E-state index contributed by atoms with van der Waals surface area (Å²) in [6.07, 6.45) is -3.91. The maximum absolute atomic E-state index is 11.3. The van der Waals surface area contributed by atoms with Crippen LogP contribution in [0.5, 0.6) is 0 Å². The van der Waals surface area contributed by atoms with E-state index in [1.807, 2.05) is 0 Å². The summed E-state index contributed by atoms with van der Waals surface area (Å²) in [4.78, 5) is 33.7. The number of aliphatic hydroxyl groups is 2. The van der Waals surface area contributed by atoms with Crippen LogP contribution < -0.4 is 0 Å². The lowest BCUT2D eigenvalue weighted by molar-refractivity contribution is -0.218. The van der Waals surface area contributed by atoms with Gasteiger partial charge in [-0.15, -0.1) is 0 Å². The lowest BCUT2D eigenvalue weighted by Crippen LogP contribution is -2.54. The maximum atomic E-state index is 11.3. The predicted molar refractivity (Wildman–Crippen MR) is 78.7 cm³/mol. The van der Waals surface area contributed by atoms with Gasteiger partial charge >= 0.3 is 17.9 Å². The summed E-state index contributed by atoms with van der Waals surface area (Å²) in [6, 6.07) is 0. The van der Waals surface area contributed by atoms with E-state index >= 15 is 0 Å². The molecule has 1 aliphatic heterocycles. The van der Waals surface area contributed by atoms with E-state index in [0.717, 1.165) is 0 Å². The molecule has 0 aromatic carbocycles. The third kappa shape index (κ3) is 6.81. The number of rotatable bonds is 7. The van der Waals surface area contributed by atoms with Crippen molar-refractivity contribution >= 4 is 17.9 Å². The summed E-state index contributed by atoms with van der Waals surface area (Å²) in [7, 11) is 0. The maximum Gasteiger partial charge on any atom is 0.303 e. The van der Waals surface area contributed by atoms with E-state index in [1.54, 1.807) is 0 Å². The zero-order valence-electron chi connectivity index (χ0n) is 14.0. The van der Waals surface area contributed by atoms with Crippen molar-refractivity contribution in [3.05, 3.63) is 0 Å². The molecule has 1 aliphatic rings. The Morgan fingerprint density at radius 1 is 1.12 bits per heavy atom. The zero-order chi connectivity index (χ0) is 18.3. The fraction of sp³-hybridized carbons (Fsp3) is 0.800. The van der Waals surface area contributed by atoms with Crippen LogP contribution in [-0.4, -0.2) is 71.9 Å². The number of hydrogen-bond acceptors (Lipinski definition) is 9. The first-order valence-electron chi connectivity index (χ1n) is 7.65. The van der Waals surface area contributed by atoms with E-state index in [2.05, 4.69) is 0 Å². The van der Waals surface area contributed by atoms with Crippen molar-refractivity contribution in [2.45, 2.75) is 64.1 Å². The highest BCUT2D eigenvalue weighted by Gasteiger charge is 2.43. The number of esters is 3. The first-order valence-corrected chi connectivity index (χ1v) is 7.65. The van der Waals surface area contributed by atoms with Crippen LogP contribution in [0.25, 0.3) is 0 Å². The minimum absolute atomic E-state index is 0.0949. The SMILES string of the molecule is CC(=O)OC[C@H]1O[C@@H](C[C@@H](O)CO)C[C@@H](OC(C)=O)[C@@H]1OC(C)=O. The van der Waals surface area contributed by atoms with Crippen LogP contribution in [0.3, 0.4) is 0 Å². The van der Waals surface area contributed by atoms with Gasteiger partial charge in [0.05, 0.1) is 18.8 Å². The summed E-state index contributed by atoms with van der Waals surface area (Å²) in [6.45, 7) is 3.01. The molecule has 0 amide bonds. The monoisotopic (exact) mass is 348 g/mol. The third-order valence-corrected chi connectivity index (χ3v) is 3.41. The average molecular weight is 348 g/mol.